The zero-order valence-corrected chi connectivity index (χ0v) is 15.7. The number of rotatable bonds is 2. The lowest BCUT2D eigenvalue weighted by Gasteiger charge is -2.35. The van der Waals surface area contributed by atoms with E-state index >= 15 is 0 Å². The fourth-order valence-corrected chi connectivity index (χ4v) is 3.78. The Kier molecular flexibility index (Phi) is 4.52. The zero-order chi connectivity index (χ0) is 20.0. The molecule has 1 saturated heterocycles. The molecule has 1 atom stereocenters. The minimum atomic E-state index is -1.00. The number of nitrogens with one attached hydrogen (secondary N) is 1. The minimum absolute atomic E-state index is 0.0580. The van der Waals surface area contributed by atoms with Crippen LogP contribution in [-0.4, -0.2) is 39.2 Å². The quantitative estimate of drug-likeness (QED) is 0.858. The standard InChI is InChI=1S/C19H21F2N5O2/c1-11-6-13(7-14(20)18(11)21)23-19(28)25-10-16-15(24-5-3-4-17(24)27)8-22-26(16)9-12(25)2/h6-8,12H,3-5,9-10H2,1-2H3,(H,23,28)/t12-/m0/s1. The summed E-state index contributed by atoms with van der Waals surface area (Å²) in [7, 11) is 0. The Labute approximate surface area is 160 Å². The summed E-state index contributed by atoms with van der Waals surface area (Å²) in [6, 6.07) is 1.79. The highest BCUT2D eigenvalue weighted by Crippen LogP contribution is 2.30. The first-order valence-corrected chi connectivity index (χ1v) is 9.23. The van der Waals surface area contributed by atoms with Gasteiger partial charge in [0.15, 0.2) is 11.6 Å². The van der Waals surface area contributed by atoms with Crippen molar-refractivity contribution < 1.29 is 18.4 Å². The van der Waals surface area contributed by atoms with E-state index in [4.69, 9.17) is 0 Å². The van der Waals surface area contributed by atoms with E-state index in [1.165, 1.54) is 13.0 Å². The van der Waals surface area contributed by atoms with Crippen molar-refractivity contribution in [2.45, 2.75) is 45.8 Å². The largest absolute Gasteiger partial charge is 0.322 e. The summed E-state index contributed by atoms with van der Waals surface area (Å²) in [4.78, 5) is 28.2. The van der Waals surface area contributed by atoms with Crippen molar-refractivity contribution in [1.29, 1.82) is 0 Å². The molecule has 0 aliphatic carbocycles. The predicted molar refractivity (Wildman–Crippen MR) is 98.9 cm³/mol. The monoisotopic (exact) mass is 389 g/mol. The van der Waals surface area contributed by atoms with Crippen LogP contribution in [0.5, 0.6) is 0 Å². The average Bonchev–Trinajstić information content (AvgIpc) is 3.24. The molecule has 3 heterocycles. The van der Waals surface area contributed by atoms with Crippen LogP contribution in [0.3, 0.4) is 0 Å². The first-order chi connectivity index (χ1) is 13.3. The topological polar surface area (TPSA) is 70.5 Å². The van der Waals surface area contributed by atoms with Gasteiger partial charge in [-0.25, -0.2) is 13.6 Å². The molecule has 0 saturated carbocycles. The number of carbonyl (C=O) groups excluding carboxylic acids is 2. The molecule has 0 unspecified atom stereocenters. The van der Waals surface area contributed by atoms with E-state index < -0.39 is 17.7 Å². The van der Waals surface area contributed by atoms with Gasteiger partial charge in [-0.05, 0) is 31.9 Å². The molecule has 1 N–H and O–H groups in total. The van der Waals surface area contributed by atoms with Crippen molar-refractivity contribution in [1.82, 2.24) is 14.7 Å². The Bertz CT molecular complexity index is 935. The molecule has 148 valence electrons. The van der Waals surface area contributed by atoms with Gasteiger partial charge in [0.05, 0.1) is 36.7 Å². The third-order valence-electron chi connectivity index (χ3n) is 5.30. The summed E-state index contributed by atoms with van der Waals surface area (Å²) >= 11 is 0. The van der Waals surface area contributed by atoms with Crippen LogP contribution < -0.4 is 10.2 Å². The molecule has 3 amide bonds. The fourth-order valence-electron chi connectivity index (χ4n) is 3.78. The minimum Gasteiger partial charge on any atom is -0.314 e. The number of urea groups is 1. The molecule has 7 nitrogen and oxygen atoms in total. The van der Waals surface area contributed by atoms with Crippen molar-refractivity contribution in [3.8, 4) is 0 Å². The van der Waals surface area contributed by atoms with Crippen molar-refractivity contribution in [2.24, 2.45) is 0 Å². The van der Waals surface area contributed by atoms with Gasteiger partial charge in [-0.15, -0.1) is 0 Å². The van der Waals surface area contributed by atoms with Crippen LogP contribution in [0, 0.1) is 18.6 Å². The first kappa shape index (κ1) is 18.4. The van der Waals surface area contributed by atoms with Crippen LogP contribution >= 0.6 is 0 Å². The number of halogens is 2. The molecule has 1 aromatic heterocycles. The summed E-state index contributed by atoms with van der Waals surface area (Å²) in [5.74, 6) is -1.87. The van der Waals surface area contributed by atoms with Gasteiger partial charge in [-0.1, -0.05) is 0 Å². The number of aryl methyl sites for hydroxylation is 1. The van der Waals surface area contributed by atoms with E-state index in [0.717, 1.165) is 23.9 Å². The normalized spacial score (nSPS) is 19.1. The molecule has 28 heavy (non-hydrogen) atoms. The van der Waals surface area contributed by atoms with E-state index in [1.807, 2.05) is 11.6 Å². The number of hydrogen-bond donors (Lipinski definition) is 1. The molecule has 2 aliphatic heterocycles. The molecular weight excluding hydrogens is 368 g/mol. The number of nitrogens with zero attached hydrogens (tertiary/aromatic N) is 4. The second-order valence-electron chi connectivity index (χ2n) is 7.30. The number of fused-ring (bicyclic) bond motifs is 1. The van der Waals surface area contributed by atoms with Crippen LogP contribution in [-0.2, 0) is 17.9 Å². The predicted octanol–water partition coefficient (Wildman–Crippen LogP) is 3.03. The van der Waals surface area contributed by atoms with E-state index in [-0.39, 0.29) is 29.7 Å². The fraction of sp³-hybridized carbons (Fsp3) is 0.421. The van der Waals surface area contributed by atoms with Gasteiger partial charge in [-0.2, -0.15) is 5.10 Å². The van der Waals surface area contributed by atoms with Gasteiger partial charge in [0, 0.05) is 24.7 Å². The number of aromatic nitrogens is 2. The molecule has 2 aliphatic rings. The van der Waals surface area contributed by atoms with Gasteiger partial charge < -0.3 is 15.1 Å². The number of hydrogen-bond acceptors (Lipinski definition) is 3. The van der Waals surface area contributed by atoms with Crippen molar-refractivity contribution in [2.75, 3.05) is 16.8 Å². The summed E-state index contributed by atoms with van der Waals surface area (Å²) in [5.41, 5.74) is 1.85. The Morgan fingerprint density at radius 2 is 2.11 bits per heavy atom. The lowest BCUT2D eigenvalue weighted by Crippen LogP contribution is -2.47. The molecule has 1 fully saturated rings. The highest BCUT2D eigenvalue weighted by atomic mass is 19.2. The lowest BCUT2D eigenvalue weighted by molar-refractivity contribution is -0.117. The molecule has 0 radical (unpaired) electrons. The van der Waals surface area contributed by atoms with Crippen LogP contribution in [0.1, 0.15) is 31.0 Å². The second kappa shape index (κ2) is 6.88. The SMILES string of the molecule is Cc1cc(NC(=O)N2Cc3c(N4CCCC4=O)cnn3C[C@@H]2C)cc(F)c1F. The van der Waals surface area contributed by atoms with Crippen molar-refractivity contribution in [3.05, 3.63) is 41.2 Å². The second-order valence-corrected chi connectivity index (χ2v) is 7.30. The number of anilines is 2. The van der Waals surface area contributed by atoms with Gasteiger partial charge >= 0.3 is 6.03 Å². The Morgan fingerprint density at radius 1 is 1.32 bits per heavy atom. The molecule has 4 rings (SSSR count). The maximum Gasteiger partial charge on any atom is 0.322 e. The third kappa shape index (κ3) is 3.10. The summed E-state index contributed by atoms with van der Waals surface area (Å²) in [6.45, 7) is 4.74. The molecular formula is C19H21F2N5O2. The summed E-state index contributed by atoms with van der Waals surface area (Å²) < 4.78 is 28.9. The lowest BCUT2D eigenvalue weighted by atomic mass is 10.1. The maximum atomic E-state index is 13.6. The smallest absolute Gasteiger partial charge is 0.314 e. The van der Waals surface area contributed by atoms with E-state index in [0.29, 0.717) is 19.5 Å². The number of benzene rings is 1. The summed E-state index contributed by atoms with van der Waals surface area (Å²) in [6.07, 6.45) is 2.99. The van der Waals surface area contributed by atoms with Crippen molar-refractivity contribution >= 4 is 23.3 Å². The van der Waals surface area contributed by atoms with Gasteiger partial charge in [-0.3, -0.25) is 9.48 Å². The number of carbonyl (C=O) groups is 2. The molecule has 0 spiro atoms. The Morgan fingerprint density at radius 3 is 2.79 bits per heavy atom. The van der Waals surface area contributed by atoms with E-state index in [1.54, 1.807) is 16.0 Å². The first-order valence-electron chi connectivity index (χ1n) is 9.23. The van der Waals surface area contributed by atoms with Crippen LogP contribution in [0.2, 0.25) is 0 Å². The number of amides is 3. The van der Waals surface area contributed by atoms with E-state index in [2.05, 4.69) is 10.4 Å². The summed E-state index contributed by atoms with van der Waals surface area (Å²) in [5, 5.41) is 7.01. The Balaban J connectivity index is 1.56. The highest BCUT2D eigenvalue weighted by Gasteiger charge is 2.33. The van der Waals surface area contributed by atoms with Gasteiger partial charge in [0.25, 0.3) is 0 Å². The van der Waals surface area contributed by atoms with E-state index in [9.17, 15) is 18.4 Å². The van der Waals surface area contributed by atoms with Crippen LogP contribution in [0.25, 0.3) is 0 Å². The molecule has 1 aromatic carbocycles. The third-order valence-corrected chi connectivity index (χ3v) is 5.30. The molecule has 2 aromatic rings. The zero-order valence-electron chi connectivity index (χ0n) is 15.7. The van der Waals surface area contributed by atoms with Gasteiger partial charge in [0.1, 0.15) is 0 Å². The Hall–Kier alpha value is -2.97. The highest BCUT2D eigenvalue weighted by molar-refractivity contribution is 5.96. The van der Waals surface area contributed by atoms with Crippen LogP contribution in [0.15, 0.2) is 18.3 Å². The van der Waals surface area contributed by atoms with Crippen molar-refractivity contribution in [3.63, 3.8) is 0 Å². The molecule has 9 heteroatoms. The average molecular weight is 389 g/mol. The van der Waals surface area contributed by atoms with Crippen LogP contribution in [0.4, 0.5) is 25.0 Å². The molecule has 0 bridgehead atoms. The van der Waals surface area contributed by atoms with Gasteiger partial charge in [0.2, 0.25) is 5.91 Å². The maximum absolute atomic E-state index is 13.6.